The maximum Gasteiger partial charge on any atom is 0.341 e. The summed E-state index contributed by atoms with van der Waals surface area (Å²) in [6.07, 6.45) is 7.10. The number of amides is 1. The molecule has 0 aliphatic heterocycles. The van der Waals surface area contributed by atoms with Crippen LogP contribution in [0.15, 0.2) is 36.7 Å². The third-order valence-corrected chi connectivity index (χ3v) is 6.07. The number of aromatic carboxylic acids is 1. The van der Waals surface area contributed by atoms with Gasteiger partial charge < -0.3 is 10.1 Å². The summed E-state index contributed by atoms with van der Waals surface area (Å²) in [4.78, 5) is 30.1. The molecule has 1 aromatic carbocycles. The summed E-state index contributed by atoms with van der Waals surface area (Å²) < 4.78 is 1.55. The number of H-pyrrole nitrogens is 1. The van der Waals surface area contributed by atoms with E-state index in [0.29, 0.717) is 5.92 Å². The van der Waals surface area contributed by atoms with Gasteiger partial charge in [0.25, 0.3) is 0 Å². The van der Waals surface area contributed by atoms with E-state index in [1.54, 1.807) is 9.58 Å². The van der Waals surface area contributed by atoms with E-state index in [4.69, 9.17) is 0 Å². The van der Waals surface area contributed by atoms with E-state index < -0.39 is 5.97 Å². The molecule has 4 rings (SSSR count). The number of fused-ring (bicyclic) bond motifs is 1. The van der Waals surface area contributed by atoms with E-state index in [0.717, 1.165) is 42.3 Å². The number of nitrogens with one attached hydrogen (secondary N) is 1. The minimum absolute atomic E-state index is 0.0225. The van der Waals surface area contributed by atoms with Crippen LogP contribution in [0.5, 0.6) is 0 Å². The molecule has 0 atom stereocenters. The second-order valence-corrected chi connectivity index (χ2v) is 8.62. The summed E-state index contributed by atoms with van der Waals surface area (Å²) >= 11 is 0. The van der Waals surface area contributed by atoms with Gasteiger partial charge in [0.15, 0.2) is 5.82 Å². The van der Waals surface area contributed by atoms with Crippen molar-refractivity contribution >= 4 is 28.6 Å². The van der Waals surface area contributed by atoms with Crippen molar-refractivity contribution in [2.24, 2.45) is 11.8 Å². The number of anilines is 1. The van der Waals surface area contributed by atoms with Gasteiger partial charge in [-0.25, -0.2) is 9.48 Å². The highest BCUT2D eigenvalue weighted by atomic mass is 16.4. The SMILES string of the molecule is CC1CCC(C(=O)N(c2nn(-c3ccc4[nH]ccc4c3)cc2C(=O)O)C(C)C)CC1. The maximum absolute atomic E-state index is 13.4. The first kappa shape index (κ1) is 20.2. The Hall–Kier alpha value is -3.09. The molecule has 1 saturated carbocycles. The lowest BCUT2D eigenvalue weighted by molar-refractivity contribution is -0.123. The first-order valence-corrected chi connectivity index (χ1v) is 10.6. The number of carbonyl (C=O) groups is 2. The van der Waals surface area contributed by atoms with E-state index in [2.05, 4.69) is 17.0 Å². The van der Waals surface area contributed by atoms with Crippen molar-refractivity contribution in [1.29, 1.82) is 0 Å². The summed E-state index contributed by atoms with van der Waals surface area (Å²) in [6.45, 7) is 6.02. The normalized spacial score (nSPS) is 19.3. The van der Waals surface area contributed by atoms with Crippen LogP contribution in [0.2, 0.25) is 0 Å². The average molecular weight is 409 g/mol. The number of nitrogens with zero attached hydrogens (tertiary/aromatic N) is 3. The van der Waals surface area contributed by atoms with Crippen molar-refractivity contribution < 1.29 is 14.7 Å². The molecule has 0 unspecified atom stereocenters. The molecular formula is C23H28N4O3. The molecule has 2 aromatic heterocycles. The number of rotatable bonds is 5. The number of hydrogen-bond acceptors (Lipinski definition) is 3. The second-order valence-electron chi connectivity index (χ2n) is 8.62. The second kappa shape index (κ2) is 7.97. The largest absolute Gasteiger partial charge is 0.477 e. The molecule has 7 nitrogen and oxygen atoms in total. The topological polar surface area (TPSA) is 91.2 Å². The van der Waals surface area contributed by atoms with Gasteiger partial charge in [-0.3, -0.25) is 9.69 Å². The quantitative estimate of drug-likeness (QED) is 0.644. The Morgan fingerprint density at radius 1 is 1.20 bits per heavy atom. The Balaban J connectivity index is 1.73. The van der Waals surface area contributed by atoms with Crippen LogP contribution in [0, 0.1) is 11.8 Å². The van der Waals surface area contributed by atoms with E-state index >= 15 is 0 Å². The first-order chi connectivity index (χ1) is 14.3. The van der Waals surface area contributed by atoms with Gasteiger partial charge in [0.05, 0.1) is 5.69 Å². The lowest BCUT2D eigenvalue weighted by atomic mass is 9.82. The summed E-state index contributed by atoms with van der Waals surface area (Å²) in [5.74, 6) is -0.332. The number of hydrogen-bond donors (Lipinski definition) is 2. The van der Waals surface area contributed by atoms with Gasteiger partial charge in [0.1, 0.15) is 5.56 Å². The van der Waals surface area contributed by atoms with Gasteiger partial charge in [-0.05, 0) is 69.7 Å². The van der Waals surface area contributed by atoms with E-state index in [9.17, 15) is 14.7 Å². The number of carboxylic acids is 1. The van der Waals surface area contributed by atoms with Crippen LogP contribution < -0.4 is 4.90 Å². The molecule has 0 spiro atoms. The molecular weight excluding hydrogens is 380 g/mol. The maximum atomic E-state index is 13.4. The molecule has 0 bridgehead atoms. The Labute approximate surface area is 175 Å². The van der Waals surface area contributed by atoms with Gasteiger partial charge in [-0.2, -0.15) is 0 Å². The van der Waals surface area contributed by atoms with E-state index in [-0.39, 0.29) is 29.2 Å². The molecule has 1 aliphatic carbocycles. The fraction of sp³-hybridized carbons (Fsp3) is 0.435. The molecule has 1 amide bonds. The highest BCUT2D eigenvalue weighted by Crippen LogP contribution is 2.33. The van der Waals surface area contributed by atoms with E-state index in [1.165, 1.54) is 6.20 Å². The fourth-order valence-electron chi connectivity index (χ4n) is 4.32. The van der Waals surface area contributed by atoms with Gasteiger partial charge in [-0.1, -0.05) is 6.92 Å². The summed E-state index contributed by atoms with van der Waals surface area (Å²) in [5.41, 5.74) is 1.78. The van der Waals surface area contributed by atoms with Crippen LogP contribution in [0.25, 0.3) is 16.6 Å². The van der Waals surface area contributed by atoms with Crippen LogP contribution in [0.4, 0.5) is 5.82 Å². The van der Waals surface area contributed by atoms with Crippen molar-refractivity contribution in [3.05, 3.63) is 42.2 Å². The number of carboxylic acid groups (broad SMARTS) is 1. The molecule has 0 saturated heterocycles. The molecule has 1 aliphatic rings. The molecule has 2 heterocycles. The lowest BCUT2D eigenvalue weighted by Gasteiger charge is -2.32. The zero-order valence-electron chi connectivity index (χ0n) is 17.6. The van der Waals surface area contributed by atoms with Crippen LogP contribution in [-0.4, -0.2) is 37.8 Å². The zero-order chi connectivity index (χ0) is 21.4. The summed E-state index contributed by atoms with van der Waals surface area (Å²) in [5, 5.41) is 15.4. The molecule has 1 fully saturated rings. The van der Waals surface area contributed by atoms with Crippen molar-refractivity contribution in [1.82, 2.24) is 14.8 Å². The summed E-state index contributed by atoms with van der Waals surface area (Å²) in [6, 6.07) is 7.52. The molecule has 30 heavy (non-hydrogen) atoms. The van der Waals surface area contributed by atoms with Gasteiger partial charge in [-0.15, -0.1) is 5.10 Å². The minimum atomic E-state index is -1.09. The van der Waals surface area contributed by atoms with Crippen LogP contribution in [0.3, 0.4) is 0 Å². The Morgan fingerprint density at radius 3 is 2.60 bits per heavy atom. The molecule has 2 N–H and O–H groups in total. The molecule has 7 heteroatoms. The van der Waals surface area contributed by atoms with Crippen molar-refractivity contribution in [2.45, 2.75) is 52.5 Å². The molecule has 0 radical (unpaired) electrons. The first-order valence-electron chi connectivity index (χ1n) is 10.6. The Kier molecular flexibility index (Phi) is 5.37. The van der Waals surface area contributed by atoms with E-state index in [1.807, 2.05) is 44.3 Å². The van der Waals surface area contributed by atoms with Crippen molar-refractivity contribution in [3.8, 4) is 5.69 Å². The Morgan fingerprint density at radius 2 is 1.93 bits per heavy atom. The van der Waals surface area contributed by atoms with Gasteiger partial charge >= 0.3 is 5.97 Å². The van der Waals surface area contributed by atoms with Crippen molar-refractivity contribution in [2.75, 3.05) is 4.90 Å². The summed E-state index contributed by atoms with van der Waals surface area (Å²) in [7, 11) is 0. The predicted molar refractivity (Wildman–Crippen MR) is 116 cm³/mol. The van der Waals surface area contributed by atoms with Crippen LogP contribution >= 0.6 is 0 Å². The number of benzene rings is 1. The average Bonchev–Trinajstić information content (AvgIpc) is 3.35. The highest BCUT2D eigenvalue weighted by Gasteiger charge is 2.34. The van der Waals surface area contributed by atoms with Crippen molar-refractivity contribution in [3.63, 3.8) is 0 Å². The third kappa shape index (κ3) is 3.72. The Bertz CT molecular complexity index is 1070. The third-order valence-electron chi connectivity index (χ3n) is 6.07. The minimum Gasteiger partial charge on any atom is -0.477 e. The fourth-order valence-corrected chi connectivity index (χ4v) is 4.32. The standard InChI is InChI=1S/C23H28N4O3/c1-14(2)27(22(28)16-6-4-15(3)5-7-16)21-19(23(29)30)13-26(25-21)18-8-9-20-17(12-18)10-11-24-20/h8-16,24H,4-7H2,1-3H3,(H,29,30). The number of aromatic nitrogens is 3. The molecule has 3 aromatic rings. The monoisotopic (exact) mass is 408 g/mol. The number of aromatic amines is 1. The van der Waals surface area contributed by atoms with Crippen LogP contribution in [0.1, 0.15) is 56.8 Å². The predicted octanol–water partition coefficient (Wildman–Crippen LogP) is 4.62. The van der Waals surface area contributed by atoms with Crippen LogP contribution in [-0.2, 0) is 4.79 Å². The smallest absolute Gasteiger partial charge is 0.341 e. The number of carbonyl (C=O) groups excluding carboxylic acids is 1. The van der Waals surface area contributed by atoms with Gasteiger partial charge in [0, 0.05) is 35.3 Å². The zero-order valence-corrected chi connectivity index (χ0v) is 17.6. The highest BCUT2D eigenvalue weighted by molar-refractivity contribution is 6.01. The lowest BCUT2D eigenvalue weighted by Crippen LogP contribution is -2.43. The van der Waals surface area contributed by atoms with Gasteiger partial charge in [0.2, 0.25) is 5.91 Å². The molecule has 158 valence electrons.